The van der Waals surface area contributed by atoms with Gasteiger partial charge in [-0.05, 0) is 0 Å². The lowest BCUT2D eigenvalue weighted by Crippen LogP contribution is -2.22. The highest BCUT2D eigenvalue weighted by molar-refractivity contribution is 7.81. The summed E-state index contributed by atoms with van der Waals surface area (Å²) in [7, 11) is 3.41. The van der Waals surface area contributed by atoms with E-state index >= 15 is 0 Å². The van der Waals surface area contributed by atoms with Gasteiger partial charge in [-0.3, -0.25) is 4.79 Å². The lowest BCUT2D eigenvalue weighted by Gasteiger charge is -2.05. The average molecular weight is 156 g/mol. The normalized spacial score (nSPS) is 7.38. The van der Waals surface area contributed by atoms with Gasteiger partial charge in [-0.2, -0.15) is 12.6 Å². The minimum atomic E-state index is 0. The minimum Gasteiger partial charge on any atom is -0.348 e. The molecule has 0 aromatic carbocycles. The molecule has 0 rings (SSSR count). The fourth-order valence-corrected chi connectivity index (χ4v) is 0.424. The summed E-state index contributed by atoms with van der Waals surface area (Å²) in [4.78, 5) is 11.9. The Labute approximate surface area is 61.1 Å². The number of rotatable bonds is 1. The quantitative estimate of drug-likeness (QED) is 0.545. The highest BCUT2D eigenvalue weighted by atomic mass is 35.5. The van der Waals surface area contributed by atoms with Crippen molar-refractivity contribution in [3.05, 3.63) is 0 Å². The predicted octanol–water partition coefficient (Wildman–Crippen LogP) is 0.426. The van der Waals surface area contributed by atoms with E-state index in [1.165, 1.54) is 4.90 Å². The van der Waals surface area contributed by atoms with Crippen LogP contribution in [0, 0.1) is 0 Å². The summed E-state index contributed by atoms with van der Waals surface area (Å²) >= 11 is 3.76. The van der Waals surface area contributed by atoms with E-state index in [0.29, 0.717) is 5.75 Å². The van der Waals surface area contributed by atoms with Crippen molar-refractivity contribution in [3.8, 4) is 0 Å². The van der Waals surface area contributed by atoms with Crippen molar-refractivity contribution in [2.24, 2.45) is 0 Å². The van der Waals surface area contributed by atoms with Crippen LogP contribution in [0.4, 0.5) is 0 Å². The highest BCUT2D eigenvalue weighted by Gasteiger charge is 1.95. The Kier molecular flexibility index (Phi) is 7.21. The van der Waals surface area contributed by atoms with Gasteiger partial charge in [0, 0.05) is 14.1 Å². The smallest absolute Gasteiger partial charge is 0.231 e. The maximum atomic E-state index is 10.4. The monoisotopic (exact) mass is 155 g/mol. The molecular formula is C4H10ClNOS. The van der Waals surface area contributed by atoms with Crippen LogP contribution >= 0.6 is 25.0 Å². The molecule has 1 amide bonds. The Morgan fingerprint density at radius 2 is 2.00 bits per heavy atom. The predicted molar refractivity (Wildman–Crippen MR) is 39.8 cm³/mol. The van der Waals surface area contributed by atoms with Crippen molar-refractivity contribution in [1.82, 2.24) is 4.90 Å². The molecule has 0 aliphatic carbocycles. The number of halogens is 1. The molecule has 0 unspecified atom stereocenters. The first-order valence-electron chi connectivity index (χ1n) is 1.99. The second-order valence-corrected chi connectivity index (χ2v) is 1.76. The number of nitrogens with zero attached hydrogens (tertiary/aromatic N) is 1. The van der Waals surface area contributed by atoms with Crippen molar-refractivity contribution in [2.45, 2.75) is 0 Å². The van der Waals surface area contributed by atoms with Gasteiger partial charge >= 0.3 is 0 Å². The van der Waals surface area contributed by atoms with Crippen LogP contribution < -0.4 is 0 Å². The molecule has 0 atom stereocenters. The highest BCUT2D eigenvalue weighted by Crippen LogP contribution is 1.79. The molecule has 0 aromatic heterocycles. The van der Waals surface area contributed by atoms with Gasteiger partial charge in [-0.15, -0.1) is 12.4 Å². The summed E-state index contributed by atoms with van der Waals surface area (Å²) in [6.07, 6.45) is 0. The van der Waals surface area contributed by atoms with E-state index in [4.69, 9.17) is 0 Å². The molecule has 8 heavy (non-hydrogen) atoms. The van der Waals surface area contributed by atoms with Gasteiger partial charge in [-0.25, -0.2) is 0 Å². The molecule has 0 bridgehead atoms. The second kappa shape index (κ2) is 5.25. The Bertz CT molecular complexity index is 76.4. The lowest BCUT2D eigenvalue weighted by atomic mass is 10.6. The van der Waals surface area contributed by atoms with Crippen molar-refractivity contribution in [1.29, 1.82) is 0 Å². The summed E-state index contributed by atoms with van der Waals surface area (Å²) in [5, 5.41) is 0. The van der Waals surface area contributed by atoms with E-state index in [1.807, 2.05) is 0 Å². The fraction of sp³-hybridized carbons (Fsp3) is 0.750. The van der Waals surface area contributed by atoms with E-state index in [9.17, 15) is 4.79 Å². The third-order valence-corrected chi connectivity index (χ3v) is 0.905. The number of thiol groups is 1. The number of hydrogen-bond acceptors (Lipinski definition) is 2. The van der Waals surface area contributed by atoms with Crippen LogP contribution in [0.2, 0.25) is 0 Å². The number of hydrogen-bond donors (Lipinski definition) is 1. The zero-order valence-corrected chi connectivity index (χ0v) is 6.63. The topological polar surface area (TPSA) is 20.3 Å². The fourth-order valence-electron chi connectivity index (χ4n) is 0.141. The number of amides is 1. The SMILES string of the molecule is CN(C)C(=O)CS.Cl. The van der Waals surface area contributed by atoms with Crippen LogP contribution in [-0.2, 0) is 4.79 Å². The summed E-state index contributed by atoms with van der Waals surface area (Å²) in [5.74, 6) is 0.343. The average Bonchev–Trinajstić information content (AvgIpc) is 1.65. The maximum absolute atomic E-state index is 10.4. The van der Waals surface area contributed by atoms with Gasteiger partial charge in [0.25, 0.3) is 0 Å². The third-order valence-electron chi connectivity index (χ3n) is 0.634. The van der Waals surface area contributed by atoms with Gasteiger partial charge in [-0.1, -0.05) is 0 Å². The summed E-state index contributed by atoms with van der Waals surface area (Å²) in [6, 6.07) is 0. The van der Waals surface area contributed by atoms with Crippen LogP contribution in [-0.4, -0.2) is 30.7 Å². The zero-order chi connectivity index (χ0) is 5.86. The molecule has 0 aliphatic heterocycles. The van der Waals surface area contributed by atoms with Gasteiger partial charge in [0.2, 0.25) is 5.91 Å². The van der Waals surface area contributed by atoms with Crippen LogP contribution in [0.1, 0.15) is 0 Å². The molecule has 0 fully saturated rings. The Hall–Kier alpha value is 0.110. The molecule has 2 nitrogen and oxygen atoms in total. The van der Waals surface area contributed by atoms with E-state index in [1.54, 1.807) is 14.1 Å². The van der Waals surface area contributed by atoms with Crippen molar-refractivity contribution >= 4 is 30.9 Å². The maximum Gasteiger partial charge on any atom is 0.231 e. The van der Waals surface area contributed by atoms with E-state index in [0.717, 1.165) is 0 Å². The van der Waals surface area contributed by atoms with E-state index < -0.39 is 0 Å². The van der Waals surface area contributed by atoms with Crippen LogP contribution in [0.3, 0.4) is 0 Å². The first-order valence-corrected chi connectivity index (χ1v) is 2.62. The van der Waals surface area contributed by atoms with Crippen molar-refractivity contribution < 1.29 is 4.79 Å². The van der Waals surface area contributed by atoms with Crippen LogP contribution in [0.5, 0.6) is 0 Å². The van der Waals surface area contributed by atoms with Gasteiger partial charge in [0.1, 0.15) is 0 Å². The molecule has 50 valence electrons. The molecule has 0 aromatic rings. The standard InChI is InChI=1S/C4H9NOS.ClH/c1-5(2)4(6)3-7;/h7H,3H2,1-2H3;1H. The lowest BCUT2D eigenvalue weighted by molar-refractivity contribution is -0.125. The van der Waals surface area contributed by atoms with E-state index in [-0.39, 0.29) is 18.3 Å². The number of carbonyl (C=O) groups is 1. The van der Waals surface area contributed by atoms with Crippen LogP contribution in [0.15, 0.2) is 0 Å². The number of carbonyl (C=O) groups excluding carboxylic acids is 1. The van der Waals surface area contributed by atoms with Gasteiger partial charge in [0.15, 0.2) is 0 Å². The molecular weight excluding hydrogens is 146 g/mol. The summed E-state index contributed by atoms with van der Waals surface area (Å²) < 4.78 is 0. The van der Waals surface area contributed by atoms with Crippen molar-refractivity contribution in [3.63, 3.8) is 0 Å². The molecule has 0 radical (unpaired) electrons. The van der Waals surface area contributed by atoms with E-state index in [2.05, 4.69) is 12.6 Å². The molecule has 0 spiro atoms. The zero-order valence-electron chi connectivity index (χ0n) is 4.92. The Morgan fingerprint density at radius 3 is 2.00 bits per heavy atom. The van der Waals surface area contributed by atoms with Gasteiger partial charge in [0.05, 0.1) is 5.75 Å². The molecule has 0 aliphatic rings. The van der Waals surface area contributed by atoms with Gasteiger partial charge < -0.3 is 4.90 Å². The second-order valence-electron chi connectivity index (χ2n) is 1.45. The van der Waals surface area contributed by atoms with Crippen LogP contribution in [0.25, 0.3) is 0 Å². The first-order chi connectivity index (χ1) is 3.18. The minimum absolute atomic E-state index is 0. The first kappa shape index (κ1) is 11.0. The Balaban J connectivity index is 0. The summed E-state index contributed by atoms with van der Waals surface area (Å²) in [6.45, 7) is 0. The largest absolute Gasteiger partial charge is 0.348 e. The molecule has 0 N–H and O–H groups in total. The van der Waals surface area contributed by atoms with Crippen molar-refractivity contribution in [2.75, 3.05) is 19.8 Å². The molecule has 0 saturated carbocycles. The third kappa shape index (κ3) is 4.27. The molecule has 0 heterocycles. The molecule has 4 heteroatoms. The summed E-state index contributed by atoms with van der Waals surface area (Å²) in [5.41, 5.74) is 0. The Morgan fingerprint density at radius 1 is 1.62 bits per heavy atom. The molecule has 0 saturated heterocycles.